The summed E-state index contributed by atoms with van der Waals surface area (Å²) in [5.41, 5.74) is 0.430. The van der Waals surface area contributed by atoms with Crippen LogP contribution in [0.5, 0.6) is 5.88 Å². The van der Waals surface area contributed by atoms with E-state index in [2.05, 4.69) is 15.3 Å². The number of hydrogen-bond donors (Lipinski definition) is 1. The molecule has 1 amide bonds. The van der Waals surface area contributed by atoms with E-state index in [0.29, 0.717) is 24.7 Å². The van der Waals surface area contributed by atoms with Crippen LogP contribution in [-0.2, 0) is 11.8 Å². The van der Waals surface area contributed by atoms with Crippen LogP contribution in [0.15, 0.2) is 30.7 Å². The topological polar surface area (TPSA) is 78.3 Å². The van der Waals surface area contributed by atoms with Crippen molar-refractivity contribution in [3.8, 4) is 5.88 Å². The fourth-order valence-corrected chi connectivity index (χ4v) is 2.70. The lowest BCUT2D eigenvalue weighted by Gasteiger charge is -2.20. The molecule has 1 N–H and O–H groups in total. The standard InChI is InChI=1S/C16H20N4O3/c1-3-22-16-11(5-4-7-18-16)15(21)19-12-6-10-23-13(12)14-17-8-9-20(14)2/h4-5,7-9,12-13H,3,6,10H2,1-2H3,(H,19,21)/t12-,13-/m0/s1. The molecule has 122 valence electrons. The van der Waals surface area contributed by atoms with E-state index in [1.807, 2.05) is 24.7 Å². The zero-order valence-electron chi connectivity index (χ0n) is 13.2. The molecule has 3 heterocycles. The highest BCUT2D eigenvalue weighted by molar-refractivity contribution is 5.96. The Morgan fingerprint density at radius 1 is 1.48 bits per heavy atom. The number of nitrogens with zero attached hydrogens (tertiary/aromatic N) is 3. The minimum Gasteiger partial charge on any atom is -0.477 e. The summed E-state index contributed by atoms with van der Waals surface area (Å²) in [7, 11) is 1.91. The molecule has 23 heavy (non-hydrogen) atoms. The third-order valence-electron chi connectivity index (χ3n) is 3.82. The first-order valence-electron chi connectivity index (χ1n) is 7.68. The lowest BCUT2D eigenvalue weighted by Crippen LogP contribution is -2.37. The first kappa shape index (κ1) is 15.5. The van der Waals surface area contributed by atoms with Crippen LogP contribution in [0.3, 0.4) is 0 Å². The molecule has 2 aromatic rings. The van der Waals surface area contributed by atoms with E-state index in [0.717, 1.165) is 12.2 Å². The predicted molar refractivity (Wildman–Crippen MR) is 83.2 cm³/mol. The first-order chi connectivity index (χ1) is 11.2. The monoisotopic (exact) mass is 316 g/mol. The minimum atomic E-state index is -0.244. The number of carbonyl (C=O) groups is 1. The van der Waals surface area contributed by atoms with Gasteiger partial charge < -0.3 is 19.4 Å². The summed E-state index contributed by atoms with van der Waals surface area (Å²) in [6, 6.07) is 3.30. The van der Waals surface area contributed by atoms with Crippen LogP contribution in [0, 0.1) is 0 Å². The van der Waals surface area contributed by atoms with Crippen LogP contribution in [0.4, 0.5) is 0 Å². The SMILES string of the molecule is CCOc1ncccc1C(=O)N[C@H]1CCO[C@@H]1c1nccn1C. The van der Waals surface area contributed by atoms with Crippen LogP contribution < -0.4 is 10.1 Å². The highest BCUT2D eigenvalue weighted by Gasteiger charge is 2.34. The first-order valence-corrected chi connectivity index (χ1v) is 7.68. The van der Waals surface area contributed by atoms with Gasteiger partial charge in [-0.05, 0) is 25.5 Å². The van der Waals surface area contributed by atoms with Crippen molar-refractivity contribution in [3.63, 3.8) is 0 Å². The molecule has 0 saturated carbocycles. The van der Waals surface area contributed by atoms with Gasteiger partial charge in [-0.1, -0.05) is 0 Å². The van der Waals surface area contributed by atoms with E-state index in [4.69, 9.17) is 9.47 Å². The molecule has 3 rings (SSSR count). The lowest BCUT2D eigenvalue weighted by atomic mass is 10.1. The van der Waals surface area contributed by atoms with Gasteiger partial charge in [0.2, 0.25) is 5.88 Å². The predicted octanol–water partition coefficient (Wildman–Crippen LogP) is 1.47. The molecule has 7 nitrogen and oxygen atoms in total. The van der Waals surface area contributed by atoms with E-state index in [1.165, 1.54) is 0 Å². The molecule has 2 aromatic heterocycles. The molecule has 7 heteroatoms. The number of aryl methyl sites for hydroxylation is 1. The highest BCUT2D eigenvalue weighted by atomic mass is 16.5. The van der Waals surface area contributed by atoms with Crippen LogP contribution in [0.1, 0.15) is 35.6 Å². The Kier molecular flexibility index (Phi) is 4.57. The smallest absolute Gasteiger partial charge is 0.257 e. The van der Waals surface area contributed by atoms with Crippen molar-refractivity contribution in [1.82, 2.24) is 19.9 Å². The second-order valence-corrected chi connectivity index (χ2v) is 5.35. The maximum atomic E-state index is 12.6. The summed E-state index contributed by atoms with van der Waals surface area (Å²) in [6.45, 7) is 2.91. The number of ether oxygens (including phenoxy) is 2. The molecule has 0 bridgehead atoms. The van der Waals surface area contributed by atoms with Gasteiger partial charge in [-0.2, -0.15) is 0 Å². The largest absolute Gasteiger partial charge is 0.477 e. The van der Waals surface area contributed by atoms with Crippen molar-refractivity contribution in [2.24, 2.45) is 7.05 Å². The Morgan fingerprint density at radius 2 is 2.35 bits per heavy atom. The van der Waals surface area contributed by atoms with Crippen LogP contribution in [0.25, 0.3) is 0 Å². The number of pyridine rings is 1. The van der Waals surface area contributed by atoms with Gasteiger partial charge in [-0.25, -0.2) is 9.97 Å². The normalized spacial score (nSPS) is 20.4. The van der Waals surface area contributed by atoms with Crippen molar-refractivity contribution < 1.29 is 14.3 Å². The summed E-state index contributed by atoms with van der Waals surface area (Å²) in [5, 5.41) is 3.02. The molecule has 1 fully saturated rings. The quantitative estimate of drug-likeness (QED) is 0.904. The summed E-state index contributed by atoms with van der Waals surface area (Å²) in [4.78, 5) is 21.0. The molecule has 0 unspecified atom stereocenters. The lowest BCUT2D eigenvalue weighted by molar-refractivity contribution is 0.0776. The number of aromatic nitrogens is 3. The molecule has 0 aromatic carbocycles. The molecule has 1 aliphatic heterocycles. The Bertz CT molecular complexity index is 685. The fourth-order valence-electron chi connectivity index (χ4n) is 2.70. The van der Waals surface area contributed by atoms with Crippen molar-refractivity contribution in [2.45, 2.75) is 25.5 Å². The average molecular weight is 316 g/mol. The third-order valence-corrected chi connectivity index (χ3v) is 3.82. The van der Waals surface area contributed by atoms with Gasteiger partial charge in [0.15, 0.2) is 0 Å². The van der Waals surface area contributed by atoms with Gasteiger partial charge in [0, 0.05) is 32.2 Å². The number of hydrogen-bond acceptors (Lipinski definition) is 5. The molecule has 1 saturated heterocycles. The second kappa shape index (κ2) is 6.78. The van der Waals surface area contributed by atoms with Crippen molar-refractivity contribution in [3.05, 3.63) is 42.1 Å². The number of imidazole rings is 1. The summed E-state index contributed by atoms with van der Waals surface area (Å²) in [6.07, 6.45) is 5.70. The van der Waals surface area contributed by atoms with Gasteiger partial charge in [0.25, 0.3) is 5.91 Å². The van der Waals surface area contributed by atoms with Gasteiger partial charge in [-0.3, -0.25) is 4.79 Å². The van der Waals surface area contributed by atoms with Crippen molar-refractivity contribution in [1.29, 1.82) is 0 Å². The van der Waals surface area contributed by atoms with Crippen LogP contribution >= 0.6 is 0 Å². The molecular formula is C16H20N4O3. The number of nitrogens with one attached hydrogen (secondary N) is 1. The number of carbonyl (C=O) groups excluding carboxylic acids is 1. The Hall–Kier alpha value is -2.41. The Balaban J connectivity index is 1.76. The zero-order valence-corrected chi connectivity index (χ0v) is 13.2. The van der Waals surface area contributed by atoms with Crippen molar-refractivity contribution >= 4 is 5.91 Å². The van der Waals surface area contributed by atoms with E-state index >= 15 is 0 Å². The molecule has 0 radical (unpaired) electrons. The molecule has 0 spiro atoms. The Morgan fingerprint density at radius 3 is 3.09 bits per heavy atom. The van der Waals surface area contributed by atoms with E-state index in [9.17, 15) is 4.79 Å². The summed E-state index contributed by atoms with van der Waals surface area (Å²) in [5.74, 6) is 0.945. The van der Waals surface area contributed by atoms with Gasteiger partial charge in [0.1, 0.15) is 17.5 Å². The van der Waals surface area contributed by atoms with E-state index in [-0.39, 0.29) is 18.1 Å². The molecular weight excluding hydrogens is 296 g/mol. The van der Waals surface area contributed by atoms with Crippen LogP contribution in [0.2, 0.25) is 0 Å². The molecule has 0 aliphatic carbocycles. The fraction of sp³-hybridized carbons (Fsp3) is 0.438. The zero-order chi connectivity index (χ0) is 16.2. The minimum absolute atomic E-state index is 0.127. The molecule has 1 aliphatic rings. The van der Waals surface area contributed by atoms with E-state index in [1.54, 1.807) is 24.5 Å². The number of rotatable bonds is 5. The Labute approximate surface area is 134 Å². The third kappa shape index (κ3) is 3.19. The van der Waals surface area contributed by atoms with Gasteiger partial charge >= 0.3 is 0 Å². The van der Waals surface area contributed by atoms with Gasteiger partial charge in [0.05, 0.1) is 12.6 Å². The van der Waals surface area contributed by atoms with Crippen molar-refractivity contribution in [2.75, 3.05) is 13.2 Å². The van der Waals surface area contributed by atoms with E-state index < -0.39 is 0 Å². The highest BCUT2D eigenvalue weighted by Crippen LogP contribution is 2.28. The van der Waals surface area contributed by atoms with Crippen LogP contribution in [-0.4, -0.2) is 39.7 Å². The van der Waals surface area contributed by atoms with Gasteiger partial charge in [-0.15, -0.1) is 0 Å². The molecule has 2 atom stereocenters. The maximum Gasteiger partial charge on any atom is 0.257 e. The number of amides is 1. The maximum absolute atomic E-state index is 12.6. The summed E-state index contributed by atoms with van der Waals surface area (Å²) >= 11 is 0. The average Bonchev–Trinajstić information content (AvgIpc) is 3.16. The summed E-state index contributed by atoms with van der Waals surface area (Å²) < 4.78 is 13.1. The second-order valence-electron chi connectivity index (χ2n) is 5.35.